The minimum Gasteiger partial charge on any atom is -0.343 e. The molecule has 1 aromatic rings. The summed E-state index contributed by atoms with van der Waals surface area (Å²) in [6.07, 6.45) is -4.37. The topological polar surface area (TPSA) is 67.3 Å². The van der Waals surface area contributed by atoms with Gasteiger partial charge in [0.25, 0.3) is 0 Å². The normalized spacial score (nSPS) is 17.3. The third-order valence-corrected chi connectivity index (χ3v) is 6.80. The van der Waals surface area contributed by atoms with E-state index >= 15 is 0 Å². The Kier molecular flexibility index (Phi) is 5.05. The maximum atomic E-state index is 12.8. The molecular weight excluding hydrogens is 401 g/mol. The molecule has 1 aliphatic rings. The van der Waals surface area contributed by atoms with Crippen molar-refractivity contribution in [2.45, 2.75) is 36.2 Å². The predicted octanol–water partition coefficient (Wildman–Crippen LogP) is 2.65. The van der Waals surface area contributed by atoms with Gasteiger partial charge >= 0.3 is 6.18 Å². The summed E-state index contributed by atoms with van der Waals surface area (Å²) in [5, 5.41) is -1.46. The molecule has 2 heterocycles. The smallest absolute Gasteiger partial charge is 0.343 e. The quantitative estimate of drug-likeness (QED) is 0.745. The fourth-order valence-electron chi connectivity index (χ4n) is 2.42. The van der Waals surface area contributed by atoms with Crippen molar-refractivity contribution in [3.63, 3.8) is 0 Å². The molecule has 1 fully saturated rings. The number of alkyl halides is 3. The Morgan fingerprint density at radius 2 is 1.87 bits per heavy atom. The molecule has 0 N–H and O–H groups in total. The van der Waals surface area contributed by atoms with Gasteiger partial charge in [0.15, 0.2) is 14.9 Å². The summed E-state index contributed by atoms with van der Waals surface area (Å²) in [5.41, 5.74) is -1.25. The first kappa shape index (κ1) is 18.2. The van der Waals surface area contributed by atoms with Gasteiger partial charge in [-0.2, -0.15) is 13.2 Å². The minimum atomic E-state index is -4.72. The van der Waals surface area contributed by atoms with E-state index in [1.807, 2.05) is 0 Å². The summed E-state index contributed by atoms with van der Waals surface area (Å²) in [6.45, 7) is 1.91. The zero-order valence-electron chi connectivity index (χ0n) is 12.1. The van der Waals surface area contributed by atoms with Gasteiger partial charge in [0.05, 0.1) is 9.72 Å². The van der Waals surface area contributed by atoms with Crippen molar-refractivity contribution in [3.05, 3.63) is 22.3 Å². The van der Waals surface area contributed by atoms with Gasteiger partial charge in [-0.15, -0.1) is 0 Å². The van der Waals surface area contributed by atoms with Crippen molar-refractivity contribution in [2.24, 2.45) is 0 Å². The molecular formula is C13H14BrF3N2O3S. The third kappa shape index (κ3) is 3.85. The number of carbonyl (C=O) groups is 1. The van der Waals surface area contributed by atoms with Crippen LogP contribution in [-0.2, 0) is 20.8 Å². The molecule has 0 saturated carbocycles. The maximum Gasteiger partial charge on any atom is 0.433 e. The van der Waals surface area contributed by atoms with Crippen LogP contribution in [0, 0.1) is 0 Å². The fourth-order valence-corrected chi connectivity index (χ4v) is 5.03. The summed E-state index contributed by atoms with van der Waals surface area (Å²) in [6, 6.07) is 1.76. The van der Waals surface area contributed by atoms with Gasteiger partial charge in [0.1, 0.15) is 5.69 Å². The number of carbonyl (C=O) groups excluding carboxylic acids is 1. The van der Waals surface area contributed by atoms with Gasteiger partial charge in [-0.05, 0) is 40.9 Å². The molecule has 1 amide bonds. The lowest BCUT2D eigenvalue weighted by atomic mass is 10.1. The first-order valence-corrected chi connectivity index (χ1v) is 9.10. The molecule has 0 unspecified atom stereocenters. The molecule has 10 heteroatoms. The van der Waals surface area contributed by atoms with Gasteiger partial charge in [-0.3, -0.25) is 4.79 Å². The van der Waals surface area contributed by atoms with E-state index in [4.69, 9.17) is 0 Å². The summed E-state index contributed by atoms with van der Waals surface area (Å²) >= 11 is 2.96. The molecule has 0 radical (unpaired) electrons. The molecule has 1 aliphatic heterocycles. The molecule has 0 aromatic carbocycles. The maximum absolute atomic E-state index is 12.8. The molecule has 23 heavy (non-hydrogen) atoms. The lowest BCUT2D eigenvalue weighted by Crippen LogP contribution is -2.41. The van der Waals surface area contributed by atoms with Gasteiger partial charge in [-0.1, -0.05) is 0 Å². The Morgan fingerprint density at radius 3 is 2.35 bits per heavy atom. The molecule has 0 atom stereocenters. The van der Waals surface area contributed by atoms with E-state index in [9.17, 15) is 26.4 Å². The Labute approximate surface area is 139 Å². The average Bonchev–Trinajstić information content (AvgIpc) is 2.46. The van der Waals surface area contributed by atoms with Crippen LogP contribution < -0.4 is 0 Å². The molecule has 128 valence electrons. The lowest BCUT2D eigenvalue weighted by Gasteiger charge is -2.31. The number of rotatable bonds is 2. The first-order valence-electron chi connectivity index (χ1n) is 6.76. The number of halogens is 4. The van der Waals surface area contributed by atoms with E-state index in [1.165, 1.54) is 11.8 Å². The highest BCUT2D eigenvalue weighted by atomic mass is 79.9. The van der Waals surface area contributed by atoms with Crippen molar-refractivity contribution in [2.75, 3.05) is 13.1 Å². The molecule has 1 aromatic heterocycles. The van der Waals surface area contributed by atoms with Crippen molar-refractivity contribution >= 4 is 31.7 Å². The van der Waals surface area contributed by atoms with Crippen LogP contribution in [-0.4, -0.2) is 42.5 Å². The molecule has 2 rings (SSSR count). The molecule has 1 saturated heterocycles. The van der Waals surface area contributed by atoms with E-state index in [0.717, 1.165) is 12.1 Å². The summed E-state index contributed by atoms with van der Waals surface area (Å²) in [5.74, 6) is -0.153. The average molecular weight is 415 g/mol. The molecule has 0 aliphatic carbocycles. The number of hydrogen-bond acceptors (Lipinski definition) is 4. The van der Waals surface area contributed by atoms with Crippen LogP contribution >= 0.6 is 15.9 Å². The Hall–Kier alpha value is -1.16. The zero-order chi connectivity index (χ0) is 17.4. The number of pyridine rings is 1. The first-order chi connectivity index (χ1) is 10.5. The van der Waals surface area contributed by atoms with Gasteiger partial charge < -0.3 is 4.90 Å². The second-order valence-corrected chi connectivity index (χ2v) is 8.23. The monoisotopic (exact) mass is 414 g/mol. The van der Waals surface area contributed by atoms with Crippen LogP contribution in [0.3, 0.4) is 0 Å². The summed E-state index contributed by atoms with van der Waals surface area (Å²) < 4.78 is 63.5. The number of likely N-dealkylation sites (tertiary alicyclic amines) is 1. The zero-order valence-corrected chi connectivity index (χ0v) is 14.5. The predicted molar refractivity (Wildman–Crippen MR) is 79.4 cm³/mol. The van der Waals surface area contributed by atoms with Gasteiger partial charge in [-0.25, -0.2) is 13.4 Å². The standard InChI is InChI=1S/C13H14BrF3N2O3S/c1-8(20)19-6-4-9(5-7-19)23(21,22)12-10(14)2-3-11(18-12)13(15,16)17/h2-3,9H,4-7H2,1H3. The number of hydrogen-bond donors (Lipinski definition) is 0. The lowest BCUT2D eigenvalue weighted by molar-refractivity contribution is -0.141. The van der Waals surface area contributed by atoms with E-state index < -0.39 is 32.0 Å². The number of piperidine rings is 1. The van der Waals surface area contributed by atoms with Crippen LogP contribution in [0.1, 0.15) is 25.5 Å². The summed E-state index contributed by atoms with van der Waals surface area (Å²) in [4.78, 5) is 16.1. The molecule has 0 spiro atoms. The summed E-state index contributed by atoms with van der Waals surface area (Å²) in [7, 11) is -4.02. The van der Waals surface area contributed by atoms with Crippen LogP contribution in [0.25, 0.3) is 0 Å². The van der Waals surface area contributed by atoms with Crippen LogP contribution in [0.5, 0.6) is 0 Å². The van der Waals surface area contributed by atoms with Crippen molar-refractivity contribution in [1.82, 2.24) is 9.88 Å². The van der Waals surface area contributed by atoms with Crippen molar-refractivity contribution in [1.29, 1.82) is 0 Å². The Balaban J connectivity index is 2.32. The number of sulfone groups is 1. The van der Waals surface area contributed by atoms with Crippen molar-refractivity contribution in [3.8, 4) is 0 Å². The molecule has 0 bridgehead atoms. The Morgan fingerprint density at radius 1 is 1.30 bits per heavy atom. The second kappa shape index (κ2) is 6.39. The molecule has 5 nitrogen and oxygen atoms in total. The fraction of sp³-hybridized carbons (Fsp3) is 0.538. The van der Waals surface area contributed by atoms with E-state index in [2.05, 4.69) is 20.9 Å². The number of amides is 1. The second-order valence-electron chi connectivity index (χ2n) is 5.23. The van der Waals surface area contributed by atoms with Crippen LogP contribution in [0.2, 0.25) is 0 Å². The van der Waals surface area contributed by atoms with E-state index in [1.54, 1.807) is 0 Å². The largest absolute Gasteiger partial charge is 0.433 e. The Bertz CT molecular complexity index is 714. The highest BCUT2D eigenvalue weighted by Crippen LogP contribution is 2.33. The SMILES string of the molecule is CC(=O)N1CCC(S(=O)(=O)c2nc(C(F)(F)F)ccc2Br)CC1. The van der Waals surface area contributed by atoms with Gasteiger partial charge in [0, 0.05) is 20.0 Å². The minimum absolute atomic E-state index is 0.000465. The highest BCUT2D eigenvalue weighted by molar-refractivity contribution is 9.10. The van der Waals surface area contributed by atoms with E-state index in [-0.39, 0.29) is 36.3 Å². The van der Waals surface area contributed by atoms with Crippen LogP contribution in [0.15, 0.2) is 21.6 Å². The number of aromatic nitrogens is 1. The van der Waals surface area contributed by atoms with E-state index in [0.29, 0.717) is 0 Å². The number of nitrogens with zero attached hydrogens (tertiary/aromatic N) is 2. The van der Waals surface area contributed by atoms with Crippen LogP contribution in [0.4, 0.5) is 13.2 Å². The van der Waals surface area contributed by atoms with Crippen molar-refractivity contribution < 1.29 is 26.4 Å². The van der Waals surface area contributed by atoms with Gasteiger partial charge in [0.2, 0.25) is 5.91 Å². The third-order valence-electron chi connectivity index (χ3n) is 3.70. The highest BCUT2D eigenvalue weighted by Gasteiger charge is 2.38.